The fraction of sp³-hybridized carbons (Fsp3) is 1.00. The Kier molecular flexibility index (Phi) is 3.64. The van der Waals surface area contributed by atoms with Gasteiger partial charge in [0.15, 0.2) is 0 Å². The first-order valence-corrected chi connectivity index (χ1v) is 6.11. The number of hydrogen-bond donors (Lipinski definition) is 0. The van der Waals surface area contributed by atoms with Crippen molar-refractivity contribution < 1.29 is 9.47 Å². The fourth-order valence-electron chi connectivity index (χ4n) is 2.04. The van der Waals surface area contributed by atoms with E-state index in [4.69, 9.17) is 9.47 Å². The van der Waals surface area contributed by atoms with E-state index in [9.17, 15) is 0 Å². The van der Waals surface area contributed by atoms with E-state index in [1.54, 1.807) is 0 Å². The van der Waals surface area contributed by atoms with Gasteiger partial charge < -0.3 is 9.47 Å². The Hall–Kier alpha value is 0.400. The first-order valence-electron chi connectivity index (χ1n) is 5.19. The quantitative estimate of drug-likeness (QED) is 0.715. The highest BCUT2D eigenvalue weighted by Gasteiger charge is 2.27. The lowest BCUT2D eigenvalue weighted by Crippen LogP contribution is -2.22. The molecule has 3 unspecified atom stereocenters. The van der Waals surface area contributed by atoms with E-state index in [2.05, 4.69) is 15.9 Å². The van der Waals surface area contributed by atoms with E-state index < -0.39 is 0 Å². The van der Waals surface area contributed by atoms with Crippen LogP contribution in [-0.2, 0) is 9.47 Å². The topological polar surface area (TPSA) is 18.5 Å². The molecule has 2 aliphatic rings. The Labute approximate surface area is 88.1 Å². The van der Waals surface area contributed by atoms with Gasteiger partial charge in [-0.3, -0.25) is 0 Å². The van der Waals surface area contributed by atoms with Gasteiger partial charge in [0.2, 0.25) is 0 Å². The van der Waals surface area contributed by atoms with Crippen molar-refractivity contribution in [2.75, 3.05) is 19.8 Å². The number of hydrogen-bond acceptors (Lipinski definition) is 2. The Balaban J connectivity index is 1.66. The molecule has 2 nitrogen and oxygen atoms in total. The highest BCUT2D eigenvalue weighted by Crippen LogP contribution is 2.29. The van der Waals surface area contributed by atoms with Gasteiger partial charge in [-0.2, -0.15) is 0 Å². The van der Waals surface area contributed by atoms with Crippen LogP contribution in [0.15, 0.2) is 0 Å². The predicted octanol–water partition coefficient (Wildman–Crippen LogP) is 2.36. The summed E-state index contributed by atoms with van der Waals surface area (Å²) in [4.78, 5) is 0.592. The molecule has 76 valence electrons. The summed E-state index contributed by atoms with van der Waals surface area (Å²) in [7, 11) is 0. The van der Waals surface area contributed by atoms with Crippen LogP contribution in [0.2, 0.25) is 0 Å². The van der Waals surface area contributed by atoms with Crippen molar-refractivity contribution in [2.45, 2.75) is 36.6 Å². The molecule has 2 fully saturated rings. The Morgan fingerprint density at radius 2 is 2.23 bits per heavy atom. The van der Waals surface area contributed by atoms with Gasteiger partial charge in [-0.15, -0.1) is 0 Å². The van der Waals surface area contributed by atoms with E-state index in [1.807, 2.05) is 0 Å². The summed E-state index contributed by atoms with van der Waals surface area (Å²) in [6.45, 7) is 2.73. The second kappa shape index (κ2) is 4.76. The average molecular weight is 249 g/mol. The second-order valence-electron chi connectivity index (χ2n) is 4.05. The van der Waals surface area contributed by atoms with Crippen molar-refractivity contribution >= 4 is 15.9 Å². The predicted molar refractivity (Wildman–Crippen MR) is 55.2 cm³/mol. The maximum Gasteiger partial charge on any atom is 0.0700 e. The monoisotopic (exact) mass is 248 g/mol. The van der Waals surface area contributed by atoms with E-state index in [0.29, 0.717) is 16.8 Å². The number of alkyl halides is 1. The maximum atomic E-state index is 5.87. The lowest BCUT2D eigenvalue weighted by molar-refractivity contribution is 0.0341. The van der Waals surface area contributed by atoms with Crippen molar-refractivity contribution in [1.29, 1.82) is 0 Å². The van der Waals surface area contributed by atoms with Gasteiger partial charge in [-0.1, -0.05) is 15.9 Å². The van der Waals surface area contributed by atoms with E-state index in [-0.39, 0.29) is 0 Å². The summed E-state index contributed by atoms with van der Waals surface area (Å²) >= 11 is 3.66. The lowest BCUT2D eigenvalue weighted by Gasteiger charge is -2.17. The van der Waals surface area contributed by atoms with Crippen LogP contribution in [0.3, 0.4) is 0 Å². The highest BCUT2D eigenvalue weighted by molar-refractivity contribution is 9.09. The average Bonchev–Trinajstić information content (AvgIpc) is 2.72. The summed E-state index contributed by atoms with van der Waals surface area (Å²) in [6.07, 6.45) is 5.44. The molecule has 1 saturated carbocycles. The molecular weight excluding hydrogens is 232 g/mol. The molecule has 0 amide bonds. The van der Waals surface area contributed by atoms with Crippen LogP contribution in [0.1, 0.15) is 25.7 Å². The first kappa shape index (κ1) is 9.94. The molecule has 1 aliphatic carbocycles. The minimum absolute atomic E-state index is 0.459. The number of ether oxygens (including phenoxy) is 2. The lowest BCUT2D eigenvalue weighted by atomic mass is 10.1. The number of rotatable bonds is 3. The van der Waals surface area contributed by atoms with E-state index in [0.717, 1.165) is 19.8 Å². The molecule has 13 heavy (non-hydrogen) atoms. The molecular formula is C10H17BrO2. The molecule has 0 radical (unpaired) electrons. The Morgan fingerprint density at radius 1 is 1.31 bits per heavy atom. The molecule has 0 bridgehead atoms. The summed E-state index contributed by atoms with van der Waals surface area (Å²) < 4.78 is 11.2. The third kappa shape index (κ3) is 2.67. The zero-order valence-corrected chi connectivity index (χ0v) is 9.46. The second-order valence-corrected chi connectivity index (χ2v) is 5.22. The minimum atomic E-state index is 0.459. The summed E-state index contributed by atoms with van der Waals surface area (Å²) in [5.74, 6) is 0.653. The van der Waals surface area contributed by atoms with Gasteiger partial charge >= 0.3 is 0 Å². The molecule has 3 heteroatoms. The van der Waals surface area contributed by atoms with Crippen LogP contribution in [-0.4, -0.2) is 30.8 Å². The standard InChI is InChI=1S/C10H17BrO2/c11-9-2-1-3-10(9)13-7-8-4-5-12-6-8/h8-10H,1-7H2. The summed E-state index contributed by atoms with van der Waals surface area (Å²) in [5, 5.41) is 0. The Bertz CT molecular complexity index is 157. The molecule has 1 aliphatic heterocycles. The SMILES string of the molecule is BrC1CCCC1OCC1CCOC1. The molecule has 0 N–H and O–H groups in total. The Morgan fingerprint density at radius 3 is 2.85 bits per heavy atom. The molecule has 0 aromatic rings. The highest BCUT2D eigenvalue weighted by atomic mass is 79.9. The molecule has 3 atom stereocenters. The van der Waals surface area contributed by atoms with E-state index >= 15 is 0 Å². The van der Waals surface area contributed by atoms with Crippen LogP contribution in [0.5, 0.6) is 0 Å². The number of halogens is 1. The van der Waals surface area contributed by atoms with Crippen LogP contribution in [0.25, 0.3) is 0 Å². The van der Waals surface area contributed by atoms with Gasteiger partial charge in [-0.25, -0.2) is 0 Å². The first-order chi connectivity index (χ1) is 6.36. The molecule has 1 heterocycles. The summed E-state index contributed by atoms with van der Waals surface area (Å²) in [5.41, 5.74) is 0. The zero-order valence-electron chi connectivity index (χ0n) is 7.88. The van der Waals surface area contributed by atoms with Crippen molar-refractivity contribution in [3.05, 3.63) is 0 Å². The van der Waals surface area contributed by atoms with Crippen molar-refractivity contribution in [1.82, 2.24) is 0 Å². The molecule has 1 saturated heterocycles. The minimum Gasteiger partial charge on any atom is -0.381 e. The molecule has 0 aromatic carbocycles. The largest absolute Gasteiger partial charge is 0.381 e. The van der Waals surface area contributed by atoms with Gasteiger partial charge in [0, 0.05) is 17.4 Å². The van der Waals surface area contributed by atoms with Crippen LogP contribution < -0.4 is 0 Å². The maximum absolute atomic E-state index is 5.87. The molecule has 2 rings (SSSR count). The van der Waals surface area contributed by atoms with E-state index in [1.165, 1.54) is 25.7 Å². The third-order valence-electron chi connectivity index (χ3n) is 2.94. The fourth-order valence-corrected chi connectivity index (χ4v) is 2.78. The van der Waals surface area contributed by atoms with Gasteiger partial charge in [-0.05, 0) is 25.7 Å². The van der Waals surface area contributed by atoms with Crippen LogP contribution in [0, 0.1) is 5.92 Å². The summed E-state index contributed by atoms with van der Waals surface area (Å²) in [6, 6.07) is 0. The van der Waals surface area contributed by atoms with Crippen LogP contribution in [0.4, 0.5) is 0 Å². The zero-order chi connectivity index (χ0) is 9.10. The normalized spacial score (nSPS) is 39.9. The van der Waals surface area contributed by atoms with Gasteiger partial charge in [0.25, 0.3) is 0 Å². The molecule has 0 spiro atoms. The third-order valence-corrected chi connectivity index (χ3v) is 3.99. The van der Waals surface area contributed by atoms with Crippen molar-refractivity contribution in [2.24, 2.45) is 5.92 Å². The van der Waals surface area contributed by atoms with Crippen molar-refractivity contribution in [3.63, 3.8) is 0 Å². The smallest absolute Gasteiger partial charge is 0.0700 e. The van der Waals surface area contributed by atoms with Crippen LogP contribution >= 0.6 is 15.9 Å². The van der Waals surface area contributed by atoms with Gasteiger partial charge in [0.1, 0.15) is 0 Å². The van der Waals surface area contributed by atoms with Crippen molar-refractivity contribution in [3.8, 4) is 0 Å². The molecule has 0 aromatic heterocycles. The van der Waals surface area contributed by atoms with Gasteiger partial charge in [0.05, 0.1) is 19.3 Å².